The van der Waals surface area contributed by atoms with Crippen molar-refractivity contribution >= 4 is 5.57 Å². The van der Waals surface area contributed by atoms with E-state index in [0.717, 1.165) is 17.7 Å². The molecule has 0 saturated heterocycles. The minimum atomic E-state index is -0.210. The lowest BCUT2D eigenvalue weighted by Gasteiger charge is -2.06. The maximum Gasteiger partial charge on any atom is 0.123 e. The topological polar surface area (TPSA) is 17.8 Å². The van der Waals surface area contributed by atoms with E-state index in [0.29, 0.717) is 0 Å². The highest BCUT2D eigenvalue weighted by Crippen LogP contribution is 2.22. The van der Waals surface area contributed by atoms with Crippen molar-refractivity contribution in [2.24, 2.45) is 0 Å². The first-order valence-corrected chi connectivity index (χ1v) is 7.21. The Kier molecular flexibility index (Phi) is 4.15. The second-order valence-electron chi connectivity index (χ2n) is 5.23. The summed E-state index contributed by atoms with van der Waals surface area (Å²) in [5.74, 6) is -0.210. The van der Waals surface area contributed by atoms with Crippen molar-refractivity contribution in [3.8, 4) is 11.1 Å². The lowest BCUT2D eigenvalue weighted by atomic mass is 10.0. The molecule has 0 fully saturated rings. The number of aromatic nitrogens is 2. The minimum absolute atomic E-state index is 0.210. The number of nitrogens with zero attached hydrogens (tertiary/aromatic N) is 2. The van der Waals surface area contributed by atoms with Gasteiger partial charge in [0.15, 0.2) is 0 Å². The molecule has 0 atom stereocenters. The molecule has 0 amide bonds. The number of imidazole rings is 1. The summed E-state index contributed by atoms with van der Waals surface area (Å²) in [6.07, 6.45) is 7.71. The molecule has 0 saturated carbocycles. The van der Waals surface area contributed by atoms with Crippen molar-refractivity contribution in [3.05, 3.63) is 84.7 Å². The number of hydrogen-bond acceptors (Lipinski definition) is 1. The van der Waals surface area contributed by atoms with Crippen LogP contribution in [0.15, 0.2) is 73.3 Å². The Labute approximate surface area is 129 Å². The summed E-state index contributed by atoms with van der Waals surface area (Å²) in [6.45, 7) is 2.91. The average Bonchev–Trinajstić information content (AvgIpc) is 3.07. The Balaban J connectivity index is 1.76. The highest BCUT2D eigenvalue weighted by molar-refractivity contribution is 5.69. The third-order valence-electron chi connectivity index (χ3n) is 3.69. The summed E-state index contributed by atoms with van der Waals surface area (Å²) >= 11 is 0. The van der Waals surface area contributed by atoms with Crippen molar-refractivity contribution in [1.29, 1.82) is 0 Å². The van der Waals surface area contributed by atoms with Gasteiger partial charge in [-0.1, -0.05) is 42.5 Å². The van der Waals surface area contributed by atoms with E-state index in [1.165, 1.54) is 23.3 Å². The SMILES string of the molecule is C/C(=C/Cn1ccnc1)c1ccc(-c2ccc(F)cc2)cc1. The number of allylic oxidation sites excluding steroid dienone is 2. The van der Waals surface area contributed by atoms with Gasteiger partial charge in [-0.05, 0) is 41.3 Å². The Morgan fingerprint density at radius 1 is 1.05 bits per heavy atom. The molecule has 110 valence electrons. The van der Waals surface area contributed by atoms with Gasteiger partial charge in [-0.15, -0.1) is 0 Å². The lowest BCUT2D eigenvalue weighted by Crippen LogP contribution is -1.91. The minimum Gasteiger partial charge on any atom is -0.334 e. The molecule has 3 heteroatoms. The molecule has 0 aliphatic carbocycles. The molecule has 0 bridgehead atoms. The van der Waals surface area contributed by atoms with E-state index >= 15 is 0 Å². The molecule has 1 aromatic heterocycles. The predicted octanol–water partition coefficient (Wildman–Crippen LogP) is 4.79. The normalized spacial score (nSPS) is 11.6. The second kappa shape index (κ2) is 6.39. The van der Waals surface area contributed by atoms with Crippen molar-refractivity contribution in [2.75, 3.05) is 0 Å². The van der Waals surface area contributed by atoms with Gasteiger partial charge in [-0.25, -0.2) is 9.37 Å². The molecule has 0 aliphatic heterocycles. The van der Waals surface area contributed by atoms with Crippen LogP contribution in [0.25, 0.3) is 16.7 Å². The van der Waals surface area contributed by atoms with Gasteiger partial charge in [-0.2, -0.15) is 0 Å². The van der Waals surface area contributed by atoms with Crippen LogP contribution in [0, 0.1) is 5.82 Å². The van der Waals surface area contributed by atoms with E-state index in [9.17, 15) is 4.39 Å². The summed E-state index contributed by atoms with van der Waals surface area (Å²) in [6, 6.07) is 14.9. The van der Waals surface area contributed by atoms with Crippen LogP contribution < -0.4 is 0 Å². The molecule has 3 rings (SSSR count). The second-order valence-corrected chi connectivity index (χ2v) is 5.23. The molecule has 0 N–H and O–H groups in total. The van der Waals surface area contributed by atoms with E-state index in [1.54, 1.807) is 24.7 Å². The monoisotopic (exact) mass is 292 g/mol. The predicted molar refractivity (Wildman–Crippen MR) is 87.7 cm³/mol. The fourth-order valence-electron chi connectivity index (χ4n) is 2.32. The molecule has 0 radical (unpaired) electrons. The molecule has 0 aliphatic rings. The molecular weight excluding hydrogens is 275 g/mol. The largest absolute Gasteiger partial charge is 0.334 e. The molecule has 2 nitrogen and oxygen atoms in total. The Morgan fingerprint density at radius 3 is 2.27 bits per heavy atom. The molecule has 3 aromatic rings. The Bertz CT molecular complexity index is 754. The van der Waals surface area contributed by atoms with Gasteiger partial charge in [0, 0.05) is 18.9 Å². The summed E-state index contributed by atoms with van der Waals surface area (Å²) < 4.78 is 15.0. The van der Waals surface area contributed by atoms with Gasteiger partial charge in [0.25, 0.3) is 0 Å². The van der Waals surface area contributed by atoms with Crippen LogP contribution in [0.2, 0.25) is 0 Å². The smallest absolute Gasteiger partial charge is 0.123 e. The zero-order valence-corrected chi connectivity index (χ0v) is 12.4. The maximum absolute atomic E-state index is 13.0. The highest BCUT2D eigenvalue weighted by Gasteiger charge is 2.00. The summed E-state index contributed by atoms with van der Waals surface area (Å²) in [5, 5.41) is 0. The van der Waals surface area contributed by atoms with E-state index in [1.807, 2.05) is 10.8 Å². The molecule has 0 spiro atoms. The fourth-order valence-corrected chi connectivity index (χ4v) is 2.32. The quantitative estimate of drug-likeness (QED) is 0.676. The van der Waals surface area contributed by atoms with Crippen molar-refractivity contribution in [2.45, 2.75) is 13.5 Å². The number of halogens is 1. The molecule has 22 heavy (non-hydrogen) atoms. The number of benzene rings is 2. The maximum atomic E-state index is 13.0. The fraction of sp³-hybridized carbons (Fsp3) is 0.105. The molecule has 2 aromatic carbocycles. The summed E-state index contributed by atoms with van der Waals surface area (Å²) in [4.78, 5) is 4.03. The summed E-state index contributed by atoms with van der Waals surface area (Å²) in [7, 11) is 0. The van der Waals surface area contributed by atoms with Crippen LogP contribution in [-0.2, 0) is 6.54 Å². The van der Waals surface area contributed by atoms with Crippen LogP contribution >= 0.6 is 0 Å². The standard InChI is InChI=1S/C19H17FN2/c1-15(10-12-22-13-11-21-14-22)16-2-4-17(5-3-16)18-6-8-19(20)9-7-18/h2-11,13-14H,12H2,1H3/b15-10-. The lowest BCUT2D eigenvalue weighted by molar-refractivity contribution is 0.628. The first-order chi connectivity index (χ1) is 10.7. The number of hydrogen-bond donors (Lipinski definition) is 0. The number of rotatable bonds is 4. The van der Waals surface area contributed by atoms with Crippen LogP contribution in [-0.4, -0.2) is 9.55 Å². The zero-order valence-electron chi connectivity index (χ0n) is 12.4. The van der Waals surface area contributed by atoms with Gasteiger partial charge in [0.05, 0.1) is 6.33 Å². The van der Waals surface area contributed by atoms with E-state index in [4.69, 9.17) is 0 Å². The molecule has 1 heterocycles. The van der Waals surface area contributed by atoms with Crippen LogP contribution in [0.5, 0.6) is 0 Å². The average molecular weight is 292 g/mol. The van der Waals surface area contributed by atoms with Gasteiger partial charge < -0.3 is 4.57 Å². The van der Waals surface area contributed by atoms with Crippen LogP contribution in [0.4, 0.5) is 4.39 Å². The van der Waals surface area contributed by atoms with Crippen molar-refractivity contribution in [1.82, 2.24) is 9.55 Å². The molecule has 0 unspecified atom stereocenters. The van der Waals surface area contributed by atoms with Crippen molar-refractivity contribution < 1.29 is 4.39 Å². The third kappa shape index (κ3) is 3.31. The van der Waals surface area contributed by atoms with E-state index in [-0.39, 0.29) is 5.82 Å². The first kappa shape index (κ1) is 14.3. The molecular formula is C19H17FN2. The van der Waals surface area contributed by atoms with E-state index in [2.05, 4.69) is 42.2 Å². The summed E-state index contributed by atoms with van der Waals surface area (Å²) in [5.41, 5.74) is 4.52. The third-order valence-corrected chi connectivity index (χ3v) is 3.69. The Hall–Kier alpha value is -2.68. The van der Waals surface area contributed by atoms with Gasteiger partial charge in [0.2, 0.25) is 0 Å². The first-order valence-electron chi connectivity index (χ1n) is 7.21. The zero-order chi connectivity index (χ0) is 15.4. The van der Waals surface area contributed by atoms with Gasteiger partial charge in [-0.3, -0.25) is 0 Å². The highest BCUT2D eigenvalue weighted by atomic mass is 19.1. The van der Waals surface area contributed by atoms with Crippen molar-refractivity contribution in [3.63, 3.8) is 0 Å². The van der Waals surface area contributed by atoms with E-state index < -0.39 is 0 Å². The Morgan fingerprint density at radius 2 is 1.68 bits per heavy atom. The van der Waals surface area contributed by atoms with Crippen LogP contribution in [0.1, 0.15) is 12.5 Å². The van der Waals surface area contributed by atoms with Crippen LogP contribution in [0.3, 0.4) is 0 Å². The van der Waals surface area contributed by atoms with Gasteiger partial charge in [0.1, 0.15) is 5.82 Å². The van der Waals surface area contributed by atoms with Gasteiger partial charge >= 0.3 is 0 Å².